The first kappa shape index (κ1) is 9.53. The van der Waals surface area contributed by atoms with Crippen molar-refractivity contribution in [3.8, 4) is 0 Å². The molecule has 0 saturated heterocycles. The molecular weight excluding hydrogens is 174 g/mol. The highest BCUT2D eigenvalue weighted by molar-refractivity contribution is 5.58. The van der Waals surface area contributed by atoms with E-state index < -0.39 is 0 Å². The fourth-order valence-electron chi connectivity index (χ4n) is 1.81. The molecule has 0 atom stereocenters. The molecule has 0 fully saturated rings. The smallest absolute Gasteiger partial charge is 0.0723 e. The van der Waals surface area contributed by atoms with E-state index >= 15 is 0 Å². The molecule has 14 heavy (non-hydrogen) atoms. The molecule has 1 aromatic rings. The van der Waals surface area contributed by atoms with Crippen LogP contribution in [0.4, 0.5) is 5.69 Å². The quantitative estimate of drug-likeness (QED) is 0.793. The zero-order valence-corrected chi connectivity index (χ0v) is 8.84. The summed E-state index contributed by atoms with van der Waals surface area (Å²) in [5.74, 6) is 0. The highest BCUT2D eigenvalue weighted by Crippen LogP contribution is 2.25. The van der Waals surface area contributed by atoms with Gasteiger partial charge in [0.1, 0.15) is 0 Å². The predicted molar refractivity (Wildman–Crippen MR) is 58.6 cm³/mol. The molecule has 1 heterocycles. The molecule has 2 heteroatoms. The first-order chi connectivity index (χ1) is 6.77. The number of fused-ring (bicyclic) bond motifs is 1. The van der Waals surface area contributed by atoms with Gasteiger partial charge in [-0.1, -0.05) is 12.1 Å². The summed E-state index contributed by atoms with van der Waals surface area (Å²) in [6.45, 7) is 5.94. The zero-order valence-electron chi connectivity index (χ0n) is 8.84. The number of ether oxygens (including phenoxy) is 1. The van der Waals surface area contributed by atoms with Gasteiger partial charge < -0.3 is 10.1 Å². The Bertz CT molecular complexity index is 320. The van der Waals surface area contributed by atoms with Gasteiger partial charge in [0.05, 0.1) is 12.7 Å². The number of hydrogen-bond acceptors (Lipinski definition) is 2. The second-order valence-electron chi connectivity index (χ2n) is 3.98. The predicted octanol–water partition coefficient (Wildman–Crippen LogP) is 2.58. The van der Waals surface area contributed by atoms with Gasteiger partial charge in [-0.25, -0.2) is 0 Å². The van der Waals surface area contributed by atoms with Crippen molar-refractivity contribution in [3.05, 3.63) is 29.3 Å². The van der Waals surface area contributed by atoms with Crippen molar-refractivity contribution in [1.82, 2.24) is 0 Å². The normalized spacial score (nSPS) is 14.2. The Balaban J connectivity index is 2.14. The van der Waals surface area contributed by atoms with Gasteiger partial charge in [-0.2, -0.15) is 0 Å². The van der Waals surface area contributed by atoms with E-state index in [0.29, 0.717) is 6.10 Å². The summed E-state index contributed by atoms with van der Waals surface area (Å²) in [6.07, 6.45) is 1.44. The van der Waals surface area contributed by atoms with Crippen molar-refractivity contribution >= 4 is 5.69 Å². The van der Waals surface area contributed by atoms with E-state index in [1.54, 1.807) is 0 Å². The maximum Gasteiger partial charge on any atom is 0.0723 e. The summed E-state index contributed by atoms with van der Waals surface area (Å²) in [4.78, 5) is 0. The van der Waals surface area contributed by atoms with E-state index in [0.717, 1.165) is 19.6 Å². The molecule has 1 aliphatic rings. The Hall–Kier alpha value is -1.02. The van der Waals surface area contributed by atoms with Crippen LogP contribution in [0.1, 0.15) is 25.0 Å². The number of anilines is 1. The highest BCUT2D eigenvalue weighted by atomic mass is 16.5. The molecule has 1 N–H and O–H groups in total. The molecule has 1 aliphatic heterocycles. The van der Waals surface area contributed by atoms with Crippen LogP contribution in [0.2, 0.25) is 0 Å². The van der Waals surface area contributed by atoms with Crippen LogP contribution in [0.5, 0.6) is 0 Å². The minimum atomic E-state index is 0.306. The van der Waals surface area contributed by atoms with Crippen LogP contribution in [-0.2, 0) is 17.8 Å². The average Bonchev–Trinajstić information content (AvgIpc) is 2.62. The van der Waals surface area contributed by atoms with Crippen molar-refractivity contribution in [2.24, 2.45) is 0 Å². The molecule has 0 bridgehead atoms. The lowest BCUT2D eigenvalue weighted by atomic mass is 10.1. The summed E-state index contributed by atoms with van der Waals surface area (Å²) in [5, 5.41) is 3.37. The van der Waals surface area contributed by atoms with E-state index in [1.165, 1.54) is 16.8 Å². The molecule has 1 aromatic carbocycles. The molecule has 2 nitrogen and oxygen atoms in total. The Labute approximate surface area is 85.3 Å². The van der Waals surface area contributed by atoms with Crippen LogP contribution in [-0.4, -0.2) is 12.6 Å². The molecule has 0 amide bonds. The molecule has 0 aliphatic carbocycles. The van der Waals surface area contributed by atoms with Gasteiger partial charge in [-0.3, -0.25) is 0 Å². The van der Waals surface area contributed by atoms with Gasteiger partial charge in [-0.15, -0.1) is 0 Å². The van der Waals surface area contributed by atoms with E-state index in [-0.39, 0.29) is 0 Å². The van der Waals surface area contributed by atoms with Crippen molar-refractivity contribution in [2.45, 2.75) is 33.0 Å². The summed E-state index contributed by atoms with van der Waals surface area (Å²) >= 11 is 0. The number of benzene rings is 1. The fourth-order valence-corrected chi connectivity index (χ4v) is 1.81. The van der Waals surface area contributed by atoms with E-state index in [9.17, 15) is 0 Å². The average molecular weight is 191 g/mol. The van der Waals surface area contributed by atoms with Crippen molar-refractivity contribution in [2.75, 3.05) is 11.9 Å². The monoisotopic (exact) mass is 191 g/mol. The van der Waals surface area contributed by atoms with Gasteiger partial charge >= 0.3 is 0 Å². The SMILES string of the molecule is CC(C)OCc1cccc2c1CCN2. The fraction of sp³-hybridized carbons (Fsp3) is 0.500. The number of hydrogen-bond donors (Lipinski definition) is 1. The first-order valence-corrected chi connectivity index (χ1v) is 5.23. The molecule has 76 valence electrons. The minimum absolute atomic E-state index is 0.306. The third-order valence-corrected chi connectivity index (χ3v) is 2.54. The second kappa shape index (κ2) is 4.01. The van der Waals surface area contributed by atoms with Gasteiger partial charge in [0, 0.05) is 12.2 Å². The lowest BCUT2D eigenvalue weighted by Crippen LogP contribution is -2.03. The Morgan fingerprint density at radius 3 is 3.07 bits per heavy atom. The van der Waals surface area contributed by atoms with Gasteiger partial charge in [-0.05, 0) is 37.5 Å². The second-order valence-corrected chi connectivity index (χ2v) is 3.98. The molecule has 0 saturated carbocycles. The molecule has 0 aromatic heterocycles. The van der Waals surface area contributed by atoms with Gasteiger partial charge in [0.25, 0.3) is 0 Å². The summed E-state index contributed by atoms with van der Waals surface area (Å²) in [6, 6.07) is 6.39. The van der Waals surface area contributed by atoms with E-state index in [1.807, 2.05) is 0 Å². The van der Waals surface area contributed by atoms with E-state index in [2.05, 4.69) is 37.4 Å². The largest absolute Gasteiger partial charge is 0.384 e. The van der Waals surface area contributed by atoms with Crippen LogP contribution in [0.25, 0.3) is 0 Å². The molecular formula is C12H17NO. The van der Waals surface area contributed by atoms with Crippen LogP contribution in [0.3, 0.4) is 0 Å². The summed E-state index contributed by atoms with van der Waals surface area (Å²) < 4.78 is 5.63. The molecule has 2 rings (SSSR count). The van der Waals surface area contributed by atoms with Crippen LogP contribution in [0, 0.1) is 0 Å². The van der Waals surface area contributed by atoms with Crippen molar-refractivity contribution in [3.63, 3.8) is 0 Å². The maximum absolute atomic E-state index is 5.63. The van der Waals surface area contributed by atoms with Crippen LogP contribution >= 0.6 is 0 Å². The van der Waals surface area contributed by atoms with E-state index in [4.69, 9.17) is 4.74 Å². The maximum atomic E-state index is 5.63. The summed E-state index contributed by atoms with van der Waals surface area (Å²) in [5.41, 5.74) is 4.06. The molecule has 0 unspecified atom stereocenters. The standard InChI is InChI=1S/C12H17NO/c1-9(2)14-8-10-4-3-5-12-11(10)6-7-13-12/h3-5,9,13H,6-8H2,1-2H3. The molecule has 0 spiro atoms. The lowest BCUT2D eigenvalue weighted by molar-refractivity contribution is 0.0654. The lowest BCUT2D eigenvalue weighted by Gasteiger charge is -2.10. The van der Waals surface area contributed by atoms with Gasteiger partial charge in [0.2, 0.25) is 0 Å². The topological polar surface area (TPSA) is 21.3 Å². The number of rotatable bonds is 3. The third kappa shape index (κ3) is 1.90. The zero-order chi connectivity index (χ0) is 9.97. The van der Waals surface area contributed by atoms with Crippen molar-refractivity contribution in [1.29, 1.82) is 0 Å². The Morgan fingerprint density at radius 1 is 1.43 bits per heavy atom. The Morgan fingerprint density at radius 2 is 2.29 bits per heavy atom. The first-order valence-electron chi connectivity index (χ1n) is 5.23. The van der Waals surface area contributed by atoms with Crippen molar-refractivity contribution < 1.29 is 4.74 Å². The molecule has 0 radical (unpaired) electrons. The van der Waals surface area contributed by atoms with Crippen LogP contribution in [0.15, 0.2) is 18.2 Å². The minimum Gasteiger partial charge on any atom is -0.384 e. The number of nitrogens with one attached hydrogen (secondary N) is 1. The Kier molecular flexibility index (Phi) is 2.73. The van der Waals surface area contributed by atoms with Gasteiger partial charge in [0.15, 0.2) is 0 Å². The highest BCUT2D eigenvalue weighted by Gasteiger charge is 2.13. The van der Waals surface area contributed by atoms with Crippen LogP contribution < -0.4 is 5.32 Å². The summed E-state index contributed by atoms with van der Waals surface area (Å²) in [7, 11) is 0. The third-order valence-electron chi connectivity index (χ3n) is 2.54.